The molecule has 2 N–H and O–H groups in total. The summed E-state index contributed by atoms with van der Waals surface area (Å²) in [6.07, 6.45) is 1.87. The lowest BCUT2D eigenvalue weighted by molar-refractivity contribution is -0.385. The Bertz CT molecular complexity index is 959. The van der Waals surface area contributed by atoms with Crippen LogP contribution in [0.15, 0.2) is 60.7 Å². The van der Waals surface area contributed by atoms with Crippen molar-refractivity contribution in [2.45, 2.75) is 83.1 Å². The predicted octanol–water partition coefficient (Wildman–Crippen LogP) is 4.62. The molecule has 2 fully saturated rings. The topological polar surface area (TPSA) is 86.6 Å². The molecule has 7 heteroatoms. The van der Waals surface area contributed by atoms with E-state index in [4.69, 9.17) is 23.7 Å². The minimum atomic E-state index is -1.15. The van der Waals surface area contributed by atoms with Crippen LogP contribution in [0.25, 0.3) is 0 Å². The zero-order valence-corrected chi connectivity index (χ0v) is 21.3. The Hall–Kier alpha value is -2.26. The lowest BCUT2D eigenvalue weighted by Crippen LogP contribution is -2.61. The van der Waals surface area contributed by atoms with E-state index < -0.39 is 49.7 Å². The number of hydrogen-bond donors (Lipinski definition) is 2. The number of ether oxygens (including phenoxy) is 5. The maximum Gasteiger partial charge on any atom is 0.185 e. The van der Waals surface area contributed by atoms with E-state index in [0.717, 1.165) is 36.1 Å². The molecule has 36 heavy (non-hydrogen) atoms. The van der Waals surface area contributed by atoms with Gasteiger partial charge in [-0.15, -0.1) is 0 Å². The normalized spacial score (nSPS) is 29.1. The molecule has 0 spiro atoms. The number of allylic oxidation sites excluding steroid dienone is 1. The van der Waals surface area contributed by atoms with Gasteiger partial charge in [0, 0.05) is 11.1 Å². The van der Waals surface area contributed by atoms with Crippen LogP contribution in [0.4, 0.5) is 0 Å². The molecular weight excluding hydrogens is 460 g/mol. The van der Waals surface area contributed by atoms with E-state index >= 15 is 0 Å². The fourth-order valence-electron chi connectivity index (χ4n) is 4.62. The molecule has 2 heterocycles. The fraction of sp³-hybridized carbons (Fsp3) is 0.517. The van der Waals surface area contributed by atoms with E-state index in [9.17, 15) is 10.2 Å². The Morgan fingerprint density at radius 1 is 0.861 bits per heavy atom. The molecule has 196 valence electrons. The third kappa shape index (κ3) is 6.17. The van der Waals surface area contributed by atoms with Gasteiger partial charge in [-0.1, -0.05) is 68.8 Å². The first kappa shape index (κ1) is 26.8. The zero-order valence-electron chi connectivity index (χ0n) is 21.3. The Kier molecular flexibility index (Phi) is 9.53. The second-order valence-corrected chi connectivity index (χ2v) is 9.25. The number of rotatable bonds is 10. The first-order valence-electron chi connectivity index (χ1n) is 12.9. The van der Waals surface area contributed by atoms with E-state index in [0.29, 0.717) is 6.61 Å². The monoisotopic (exact) mass is 498 g/mol. The lowest BCUT2D eigenvalue weighted by Gasteiger charge is -2.49. The van der Waals surface area contributed by atoms with Crippen LogP contribution < -0.4 is 4.74 Å². The van der Waals surface area contributed by atoms with Gasteiger partial charge in [-0.25, -0.2) is 0 Å². The highest BCUT2D eigenvalue weighted by atomic mass is 16.8. The largest absolute Gasteiger partial charge is 0.494 e. The minimum Gasteiger partial charge on any atom is -0.494 e. The van der Waals surface area contributed by atoms with Gasteiger partial charge in [-0.2, -0.15) is 0 Å². The van der Waals surface area contributed by atoms with Crippen LogP contribution in [-0.2, 0) is 25.4 Å². The maximum absolute atomic E-state index is 10.7. The molecule has 7 nitrogen and oxygen atoms in total. The van der Waals surface area contributed by atoms with Crippen LogP contribution in [0.2, 0.25) is 0 Å². The van der Waals surface area contributed by atoms with Crippen molar-refractivity contribution in [2.75, 3.05) is 13.2 Å². The summed E-state index contributed by atoms with van der Waals surface area (Å²) in [6, 6.07) is 15.7. The van der Waals surface area contributed by atoms with E-state index in [1.807, 2.05) is 55.5 Å². The average molecular weight is 499 g/mol. The second-order valence-electron chi connectivity index (χ2n) is 9.25. The van der Waals surface area contributed by atoms with Crippen molar-refractivity contribution in [3.05, 3.63) is 77.4 Å². The molecule has 0 saturated carbocycles. The molecule has 0 bridgehead atoms. The molecule has 0 amide bonds. The summed E-state index contributed by atoms with van der Waals surface area (Å²) in [4.78, 5) is 0. The molecule has 2 aromatic rings. The minimum absolute atomic E-state index is 0.430. The first-order valence-corrected chi connectivity index (χ1v) is 12.9. The van der Waals surface area contributed by atoms with Crippen molar-refractivity contribution in [3.63, 3.8) is 0 Å². The highest BCUT2D eigenvalue weighted by Gasteiger charge is 2.51. The van der Waals surface area contributed by atoms with Gasteiger partial charge in [0.05, 0.1) is 13.2 Å². The molecule has 7 atom stereocenters. The van der Waals surface area contributed by atoms with Gasteiger partial charge in [-0.3, -0.25) is 0 Å². The molecule has 0 aliphatic carbocycles. The summed E-state index contributed by atoms with van der Waals surface area (Å²) in [5.41, 5.74) is 2.91. The summed E-state index contributed by atoms with van der Waals surface area (Å²) in [5, 5.41) is 20.5. The third-order valence-electron chi connectivity index (χ3n) is 6.46. The first-order chi connectivity index (χ1) is 17.6. The van der Waals surface area contributed by atoms with E-state index in [1.165, 1.54) is 5.56 Å². The summed E-state index contributed by atoms with van der Waals surface area (Å²) >= 11 is 0. The van der Waals surface area contributed by atoms with Gasteiger partial charge >= 0.3 is 0 Å². The van der Waals surface area contributed by atoms with Gasteiger partial charge in [0.25, 0.3) is 0 Å². The second kappa shape index (κ2) is 12.8. The number of fused-ring (bicyclic) bond motifs is 1. The van der Waals surface area contributed by atoms with E-state index in [2.05, 4.69) is 26.0 Å². The van der Waals surface area contributed by atoms with Crippen molar-refractivity contribution in [1.29, 1.82) is 0 Å². The lowest BCUT2D eigenvalue weighted by atomic mass is 9.94. The van der Waals surface area contributed by atoms with Crippen molar-refractivity contribution in [3.8, 4) is 5.75 Å². The van der Waals surface area contributed by atoms with Gasteiger partial charge in [0.15, 0.2) is 12.6 Å². The fourth-order valence-corrected chi connectivity index (χ4v) is 4.62. The number of aliphatic hydroxyl groups excluding tert-OH is 2. The molecule has 2 aliphatic rings. The molecular formula is C29H38O7. The van der Waals surface area contributed by atoms with Crippen molar-refractivity contribution < 1.29 is 33.9 Å². The summed E-state index contributed by atoms with van der Waals surface area (Å²) in [7, 11) is 0. The zero-order chi connectivity index (χ0) is 25.5. The van der Waals surface area contributed by atoms with Crippen molar-refractivity contribution in [2.24, 2.45) is 0 Å². The Labute approximate surface area is 213 Å². The van der Waals surface area contributed by atoms with Crippen LogP contribution in [0.1, 0.15) is 62.9 Å². The van der Waals surface area contributed by atoms with Crippen molar-refractivity contribution >= 4 is 0 Å². The molecule has 2 aliphatic heterocycles. The summed E-state index contributed by atoms with van der Waals surface area (Å²) in [6.45, 7) is 6.32. The molecule has 4 rings (SSSR count). The SMILES string of the molecule is CC=CC1OC(c2ccc(CCC)cc2)O[C@H]2[C@@H]([C@H](O)CO)OC(c3ccc(OCCC)cc3)O[C@@H]12. The van der Waals surface area contributed by atoms with Gasteiger partial charge in [-0.05, 0) is 37.5 Å². The molecule has 2 aromatic carbocycles. The molecule has 3 unspecified atom stereocenters. The van der Waals surface area contributed by atoms with Crippen LogP contribution in [-0.4, -0.2) is 53.9 Å². The number of hydrogen-bond acceptors (Lipinski definition) is 7. The average Bonchev–Trinajstić information content (AvgIpc) is 2.92. The van der Waals surface area contributed by atoms with Crippen LogP contribution in [0, 0.1) is 0 Å². The van der Waals surface area contributed by atoms with Crippen LogP contribution >= 0.6 is 0 Å². The third-order valence-corrected chi connectivity index (χ3v) is 6.46. The Morgan fingerprint density at radius 3 is 2.11 bits per heavy atom. The number of aryl methyl sites for hydroxylation is 1. The number of benzene rings is 2. The van der Waals surface area contributed by atoms with E-state index in [1.54, 1.807) is 0 Å². The molecule has 0 aromatic heterocycles. The van der Waals surface area contributed by atoms with Crippen LogP contribution in [0.5, 0.6) is 5.75 Å². The van der Waals surface area contributed by atoms with Crippen LogP contribution in [0.3, 0.4) is 0 Å². The van der Waals surface area contributed by atoms with Gasteiger partial charge in [0.2, 0.25) is 0 Å². The molecule has 2 saturated heterocycles. The maximum atomic E-state index is 10.7. The van der Waals surface area contributed by atoms with Crippen molar-refractivity contribution in [1.82, 2.24) is 0 Å². The van der Waals surface area contributed by atoms with E-state index in [-0.39, 0.29) is 0 Å². The quantitative estimate of drug-likeness (QED) is 0.462. The summed E-state index contributed by atoms with van der Waals surface area (Å²) < 4.78 is 30.9. The molecule has 0 radical (unpaired) electrons. The van der Waals surface area contributed by atoms with Gasteiger partial charge < -0.3 is 33.9 Å². The standard InChI is InChI=1S/C29H38O7/c1-4-7-19-9-11-20(12-10-19)28-33-24(8-5-2)26-27(36-28)25(23(31)18-30)34-29(35-26)21-13-15-22(16-14-21)32-17-6-3/h5,8-16,23-31H,4,6-7,17-18H2,1-3H3/t23-,24?,25-,26+,27+,28?,29?/m1/s1. The summed E-state index contributed by atoms with van der Waals surface area (Å²) in [5.74, 6) is 0.769. The predicted molar refractivity (Wildman–Crippen MR) is 136 cm³/mol. The smallest absolute Gasteiger partial charge is 0.185 e. The van der Waals surface area contributed by atoms with Gasteiger partial charge in [0.1, 0.15) is 36.3 Å². The Morgan fingerprint density at radius 2 is 1.50 bits per heavy atom. The highest BCUT2D eigenvalue weighted by Crippen LogP contribution is 2.42. The highest BCUT2D eigenvalue weighted by molar-refractivity contribution is 5.29. The Balaban J connectivity index is 1.58. The number of aliphatic hydroxyl groups is 2.